The summed E-state index contributed by atoms with van der Waals surface area (Å²) in [6.07, 6.45) is 1.41. The molecule has 5 aromatic rings. The number of hydrogen-bond donors (Lipinski definition) is 0. The Balaban J connectivity index is 1.56. The van der Waals surface area contributed by atoms with Crippen molar-refractivity contribution in [3.8, 4) is 5.75 Å². The zero-order chi connectivity index (χ0) is 24.7. The lowest BCUT2D eigenvalue weighted by Crippen LogP contribution is -2.38. The van der Waals surface area contributed by atoms with Crippen molar-refractivity contribution < 1.29 is 9.53 Å². The van der Waals surface area contributed by atoms with E-state index < -0.39 is 11.2 Å². The van der Waals surface area contributed by atoms with Gasteiger partial charge in [-0.05, 0) is 17.7 Å². The number of imidazole rings is 1. The normalized spacial score (nSPS) is 11.3. The first-order valence-corrected chi connectivity index (χ1v) is 11.6. The zero-order valence-corrected chi connectivity index (χ0v) is 20.2. The Morgan fingerprint density at radius 3 is 2.60 bits per heavy atom. The summed E-state index contributed by atoms with van der Waals surface area (Å²) in [5.41, 5.74) is 1.10. The van der Waals surface area contributed by atoms with E-state index in [1.54, 1.807) is 19.1 Å². The molecule has 0 bridgehead atoms. The van der Waals surface area contributed by atoms with Crippen LogP contribution in [0.1, 0.15) is 5.56 Å². The largest absolute Gasteiger partial charge is 0.497 e. The number of amides is 1. The molecule has 0 aliphatic rings. The van der Waals surface area contributed by atoms with Crippen molar-refractivity contribution >= 4 is 43.8 Å². The van der Waals surface area contributed by atoms with Crippen LogP contribution in [0, 0.1) is 0 Å². The van der Waals surface area contributed by atoms with E-state index in [4.69, 9.17) is 9.72 Å². The molecule has 1 amide bonds. The number of anilines is 1. The molecule has 0 radical (unpaired) electrons. The molecule has 5 rings (SSSR count). The molecule has 3 heterocycles. The van der Waals surface area contributed by atoms with Crippen LogP contribution in [0.5, 0.6) is 5.75 Å². The highest BCUT2D eigenvalue weighted by molar-refractivity contribution is 7.22. The molecule has 0 N–H and O–H groups in total. The monoisotopic (exact) mass is 490 g/mol. The van der Waals surface area contributed by atoms with E-state index >= 15 is 0 Å². The van der Waals surface area contributed by atoms with E-state index in [1.807, 2.05) is 48.5 Å². The van der Waals surface area contributed by atoms with Gasteiger partial charge >= 0.3 is 5.69 Å². The Kier molecular flexibility index (Phi) is 5.69. The third-order valence-electron chi connectivity index (χ3n) is 5.82. The topological polar surface area (TPSA) is 104 Å². The van der Waals surface area contributed by atoms with Gasteiger partial charge in [-0.1, -0.05) is 41.7 Å². The molecule has 0 aliphatic carbocycles. The molecule has 0 atom stereocenters. The summed E-state index contributed by atoms with van der Waals surface area (Å²) in [5, 5.41) is 0.534. The first-order valence-electron chi connectivity index (χ1n) is 10.8. The lowest BCUT2D eigenvalue weighted by Gasteiger charge is -2.20. The maximum Gasteiger partial charge on any atom is 0.332 e. The molecule has 0 spiro atoms. The number of carbonyl (C=O) groups excluding carboxylic acids is 1. The van der Waals surface area contributed by atoms with Gasteiger partial charge in [0.1, 0.15) is 12.3 Å². The van der Waals surface area contributed by atoms with Gasteiger partial charge in [0.2, 0.25) is 5.91 Å². The van der Waals surface area contributed by atoms with Gasteiger partial charge in [-0.2, -0.15) is 0 Å². The minimum Gasteiger partial charge on any atom is -0.497 e. The van der Waals surface area contributed by atoms with Gasteiger partial charge in [-0.15, -0.1) is 0 Å². The third kappa shape index (κ3) is 3.99. The molecule has 0 aliphatic heterocycles. The van der Waals surface area contributed by atoms with Gasteiger partial charge < -0.3 is 9.30 Å². The summed E-state index contributed by atoms with van der Waals surface area (Å²) < 4.78 is 10.0. The second kappa shape index (κ2) is 8.84. The van der Waals surface area contributed by atoms with Crippen LogP contribution < -0.4 is 20.9 Å². The van der Waals surface area contributed by atoms with Crippen molar-refractivity contribution in [3.63, 3.8) is 0 Å². The first-order chi connectivity index (χ1) is 16.9. The molecule has 35 heavy (non-hydrogen) atoms. The van der Waals surface area contributed by atoms with E-state index in [-0.39, 0.29) is 23.6 Å². The third-order valence-corrected chi connectivity index (χ3v) is 6.88. The van der Waals surface area contributed by atoms with Crippen molar-refractivity contribution in [2.45, 2.75) is 13.1 Å². The molecule has 3 aromatic heterocycles. The number of rotatable bonds is 6. The highest BCUT2D eigenvalue weighted by atomic mass is 32.1. The van der Waals surface area contributed by atoms with Crippen molar-refractivity contribution in [3.05, 3.63) is 81.3 Å². The van der Waals surface area contributed by atoms with E-state index in [0.29, 0.717) is 17.4 Å². The molecule has 2 aromatic carbocycles. The fraction of sp³-hybridized carbons (Fsp3) is 0.208. The number of carbonyl (C=O) groups is 1. The SMILES string of the molecule is COc1ccc2sc(N(Cc3ccccc3)C(=O)Cn3cnc4c3c(=O)n(C)c(=O)n4C)nc2c1. The molecule has 0 saturated heterocycles. The Morgan fingerprint density at radius 1 is 1.09 bits per heavy atom. The molecule has 178 valence electrons. The van der Waals surface area contributed by atoms with Gasteiger partial charge in [0.05, 0.1) is 30.2 Å². The maximum atomic E-state index is 13.6. The number of benzene rings is 2. The molecule has 10 nitrogen and oxygen atoms in total. The van der Waals surface area contributed by atoms with Gasteiger partial charge in [0.25, 0.3) is 5.56 Å². The average Bonchev–Trinajstić information content (AvgIpc) is 3.49. The van der Waals surface area contributed by atoms with E-state index in [0.717, 1.165) is 20.3 Å². The molecule has 0 fully saturated rings. The smallest absolute Gasteiger partial charge is 0.332 e. The standard InChI is InChI=1S/C24H22N6O4S/c1-27-21-20(22(32)28(2)24(27)33)29(14-25-21)13-19(31)30(12-15-7-5-4-6-8-15)23-26-17-11-16(34-3)9-10-18(17)35-23/h4-11,14H,12-13H2,1-3H3. The zero-order valence-electron chi connectivity index (χ0n) is 19.3. The van der Waals surface area contributed by atoms with Crippen molar-refractivity contribution in [2.24, 2.45) is 14.1 Å². The van der Waals surface area contributed by atoms with Crippen LogP contribution in [-0.4, -0.2) is 36.7 Å². The van der Waals surface area contributed by atoms with Crippen molar-refractivity contribution in [1.82, 2.24) is 23.7 Å². The van der Waals surface area contributed by atoms with E-state index in [1.165, 1.54) is 33.8 Å². The number of methoxy groups -OCH3 is 1. The summed E-state index contributed by atoms with van der Waals surface area (Å²) in [7, 11) is 4.54. The second-order valence-electron chi connectivity index (χ2n) is 8.05. The second-order valence-corrected chi connectivity index (χ2v) is 9.06. The van der Waals surface area contributed by atoms with Gasteiger partial charge in [-0.25, -0.2) is 14.8 Å². The number of ether oxygens (including phenoxy) is 1. The molecular weight excluding hydrogens is 468 g/mol. The average molecular weight is 491 g/mol. The Morgan fingerprint density at radius 2 is 1.86 bits per heavy atom. The van der Waals surface area contributed by atoms with Crippen LogP contribution in [-0.2, 0) is 32.0 Å². The summed E-state index contributed by atoms with van der Waals surface area (Å²) >= 11 is 1.40. The Bertz CT molecular complexity index is 1680. The lowest BCUT2D eigenvalue weighted by atomic mass is 10.2. The van der Waals surface area contributed by atoms with Crippen LogP contribution in [0.2, 0.25) is 0 Å². The fourth-order valence-electron chi connectivity index (χ4n) is 3.91. The molecular formula is C24H22N6O4S. The minimum atomic E-state index is -0.505. The number of fused-ring (bicyclic) bond motifs is 2. The minimum absolute atomic E-state index is 0.143. The summed E-state index contributed by atoms with van der Waals surface area (Å²) in [4.78, 5) is 49.2. The first kappa shape index (κ1) is 22.5. The Hall–Kier alpha value is -4.25. The number of hydrogen-bond acceptors (Lipinski definition) is 7. The lowest BCUT2D eigenvalue weighted by molar-refractivity contribution is -0.119. The summed E-state index contributed by atoms with van der Waals surface area (Å²) in [6, 6.07) is 15.2. The summed E-state index contributed by atoms with van der Waals surface area (Å²) in [5.74, 6) is 0.414. The number of aryl methyl sites for hydroxylation is 1. The highest BCUT2D eigenvalue weighted by Crippen LogP contribution is 2.32. The molecule has 11 heteroatoms. The summed E-state index contributed by atoms with van der Waals surface area (Å²) in [6.45, 7) is 0.162. The van der Waals surface area contributed by atoms with Crippen LogP contribution in [0.15, 0.2) is 64.4 Å². The van der Waals surface area contributed by atoms with E-state index in [2.05, 4.69) is 4.98 Å². The fourth-order valence-corrected chi connectivity index (χ4v) is 4.88. The maximum absolute atomic E-state index is 13.6. The Labute approximate surface area is 203 Å². The highest BCUT2D eigenvalue weighted by Gasteiger charge is 2.23. The van der Waals surface area contributed by atoms with Crippen molar-refractivity contribution in [2.75, 3.05) is 12.0 Å². The van der Waals surface area contributed by atoms with Crippen LogP contribution in [0.25, 0.3) is 21.4 Å². The number of thiazole rings is 1. The van der Waals surface area contributed by atoms with Crippen LogP contribution >= 0.6 is 11.3 Å². The quantitative estimate of drug-likeness (QED) is 0.362. The molecule has 0 unspecified atom stereocenters. The van der Waals surface area contributed by atoms with Crippen molar-refractivity contribution in [1.29, 1.82) is 0 Å². The van der Waals surface area contributed by atoms with Crippen LogP contribution in [0.3, 0.4) is 0 Å². The predicted octanol–water partition coefficient (Wildman–Crippen LogP) is 2.29. The number of aromatic nitrogens is 5. The van der Waals surface area contributed by atoms with Gasteiger partial charge in [-0.3, -0.25) is 23.6 Å². The van der Waals surface area contributed by atoms with E-state index in [9.17, 15) is 14.4 Å². The number of nitrogens with zero attached hydrogens (tertiary/aromatic N) is 6. The van der Waals surface area contributed by atoms with Gasteiger partial charge in [0.15, 0.2) is 16.3 Å². The van der Waals surface area contributed by atoms with Gasteiger partial charge in [0, 0.05) is 20.2 Å². The van der Waals surface area contributed by atoms with Crippen LogP contribution in [0.4, 0.5) is 5.13 Å². The predicted molar refractivity (Wildman–Crippen MR) is 134 cm³/mol. The molecule has 0 saturated carbocycles.